The van der Waals surface area contributed by atoms with Gasteiger partial charge in [-0.3, -0.25) is 9.69 Å². The van der Waals surface area contributed by atoms with Gasteiger partial charge in [-0.25, -0.2) is 4.98 Å². The summed E-state index contributed by atoms with van der Waals surface area (Å²) in [6.07, 6.45) is 3.84. The van der Waals surface area contributed by atoms with Crippen LogP contribution in [0.1, 0.15) is 22.7 Å². The van der Waals surface area contributed by atoms with Gasteiger partial charge in [0.05, 0.1) is 25.9 Å². The molecular weight excluding hydrogens is 272 g/mol. The largest absolute Gasteiger partial charge is 0.394 e. The molecule has 2 aliphatic heterocycles. The van der Waals surface area contributed by atoms with Crippen LogP contribution in [0.4, 0.5) is 0 Å². The quantitative estimate of drug-likeness (QED) is 0.747. The van der Waals surface area contributed by atoms with Crippen LogP contribution >= 0.6 is 0 Å². The van der Waals surface area contributed by atoms with E-state index in [-0.39, 0.29) is 18.6 Å². The summed E-state index contributed by atoms with van der Waals surface area (Å²) in [6.45, 7) is 4.60. The highest BCUT2D eigenvalue weighted by molar-refractivity contribution is 5.92. The van der Waals surface area contributed by atoms with Crippen LogP contribution in [0.15, 0.2) is 6.20 Å². The molecule has 0 bridgehead atoms. The van der Waals surface area contributed by atoms with Gasteiger partial charge in [-0.1, -0.05) is 0 Å². The highest BCUT2D eigenvalue weighted by atomic mass is 16.5. The van der Waals surface area contributed by atoms with Crippen LogP contribution in [0.2, 0.25) is 0 Å². The Kier molecular flexibility index (Phi) is 4.52. The first-order chi connectivity index (χ1) is 10.3. The van der Waals surface area contributed by atoms with Gasteiger partial charge in [0.15, 0.2) is 0 Å². The van der Waals surface area contributed by atoms with Gasteiger partial charge in [-0.15, -0.1) is 0 Å². The maximum atomic E-state index is 12.2. The lowest BCUT2D eigenvalue weighted by atomic mass is 10.2. The van der Waals surface area contributed by atoms with Gasteiger partial charge in [-0.2, -0.15) is 0 Å². The molecule has 1 unspecified atom stereocenters. The van der Waals surface area contributed by atoms with Crippen LogP contribution in [0.25, 0.3) is 0 Å². The van der Waals surface area contributed by atoms with Crippen LogP contribution in [0.5, 0.6) is 0 Å². The maximum absolute atomic E-state index is 12.2. The normalized spacial score (nSPS) is 20.2. The number of aryl methyl sites for hydroxylation is 2. The molecule has 3 heterocycles. The predicted molar refractivity (Wildman–Crippen MR) is 76.1 cm³/mol. The highest BCUT2D eigenvalue weighted by Gasteiger charge is 2.22. The van der Waals surface area contributed by atoms with E-state index >= 15 is 0 Å². The minimum atomic E-state index is -0.271. The van der Waals surface area contributed by atoms with Crippen molar-refractivity contribution in [2.24, 2.45) is 0 Å². The van der Waals surface area contributed by atoms with Gasteiger partial charge in [0, 0.05) is 38.8 Å². The summed E-state index contributed by atoms with van der Waals surface area (Å²) in [7, 11) is 0. The van der Waals surface area contributed by atoms with Crippen molar-refractivity contribution in [3.63, 3.8) is 0 Å². The molecule has 0 radical (unpaired) electrons. The number of aliphatic hydroxyl groups is 1. The molecule has 7 heteroatoms. The first-order valence-electron chi connectivity index (χ1n) is 7.54. The predicted octanol–water partition coefficient (Wildman–Crippen LogP) is -0.748. The molecule has 0 spiro atoms. The van der Waals surface area contributed by atoms with E-state index in [1.807, 2.05) is 4.57 Å². The number of hydrogen-bond acceptors (Lipinski definition) is 5. The zero-order valence-electron chi connectivity index (χ0n) is 12.1. The molecule has 2 N–H and O–H groups in total. The van der Waals surface area contributed by atoms with E-state index in [1.54, 1.807) is 6.20 Å². The number of hydrogen-bond donors (Lipinski definition) is 2. The number of ether oxygens (including phenoxy) is 1. The Morgan fingerprint density at radius 3 is 2.95 bits per heavy atom. The van der Waals surface area contributed by atoms with Crippen LogP contribution in [-0.2, 0) is 17.7 Å². The second kappa shape index (κ2) is 6.55. The Bertz CT molecular complexity index is 475. The summed E-state index contributed by atoms with van der Waals surface area (Å²) in [6, 6.07) is -0.271. The van der Waals surface area contributed by atoms with Crippen LogP contribution in [0.3, 0.4) is 0 Å². The third-order valence-electron chi connectivity index (χ3n) is 4.03. The molecule has 2 aliphatic rings. The fourth-order valence-electron chi connectivity index (χ4n) is 2.87. The molecule has 0 aromatic carbocycles. The molecule has 1 fully saturated rings. The van der Waals surface area contributed by atoms with Crippen LogP contribution < -0.4 is 5.32 Å². The first kappa shape index (κ1) is 14.5. The number of rotatable bonds is 5. The second-order valence-electron chi connectivity index (χ2n) is 5.61. The minimum absolute atomic E-state index is 0.0728. The summed E-state index contributed by atoms with van der Waals surface area (Å²) < 4.78 is 7.33. The number of carbonyl (C=O) groups is 1. The molecular formula is C14H22N4O3. The van der Waals surface area contributed by atoms with Gasteiger partial charge in [0.25, 0.3) is 5.91 Å². The molecule has 1 atom stereocenters. The fraction of sp³-hybridized carbons (Fsp3) is 0.714. The van der Waals surface area contributed by atoms with Crippen molar-refractivity contribution < 1.29 is 14.6 Å². The SMILES string of the molecule is O=C(NC(CO)CN1CCOCC1)c1cn2c(n1)CCC2. The summed E-state index contributed by atoms with van der Waals surface area (Å²) in [5, 5.41) is 12.3. The molecule has 116 valence electrons. The zero-order valence-corrected chi connectivity index (χ0v) is 12.1. The topological polar surface area (TPSA) is 79.6 Å². The standard InChI is InChI=1S/C14H22N4O3/c19-10-11(8-17-4-6-21-7-5-17)15-14(20)12-9-18-3-1-2-13(18)16-12/h9,11,19H,1-8,10H2,(H,15,20). The van der Waals surface area contributed by atoms with E-state index in [0.29, 0.717) is 25.5 Å². The molecule has 1 amide bonds. The van der Waals surface area contributed by atoms with Crippen molar-refractivity contribution >= 4 is 5.91 Å². The molecule has 7 nitrogen and oxygen atoms in total. The number of carbonyl (C=O) groups excluding carboxylic acids is 1. The van der Waals surface area contributed by atoms with Gasteiger partial charge < -0.3 is 19.7 Å². The Balaban J connectivity index is 1.56. The molecule has 1 saturated heterocycles. The first-order valence-corrected chi connectivity index (χ1v) is 7.54. The van der Waals surface area contributed by atoms with Gasteiger partial charge in [0.1, 0.15) is 11.5 Å². The third-order valence-corrected chi connectivity index (χ3v) is 4.03. The Morgan fingerprint density at radius 2 is 2.24 bits per heavy atom. The van der Waals surface area contributed by atoms with Crippen molar-refractivity contribution in [1.29, 1.82) is 0 Å². The monoisotopic (exact) mass is 294 g/mol. The number of fused-ring (bicyclic) bond motifs is 1. The fourth-order valence-corrected chi connectivity index (χ4v) is 2.87. The van der Waals surface area contributed by atoms with Gasteiger partial charge >= 0.3 is 0 Å². The van der Waals surface area contributed by atoms with Gasteiger partial charge in [-0.05, 0) is 6.42 Å². The summed E-state index contributed by atoms with van der Waals surface area (Å²) in [5.74, 6) is 0.776. The average Bonchev–Trinajstić information content (AvgIpc) is 3.08. The third kappa shape index (κ3) is 3.42. The van der Waals surface area contributed by atoms with E-state index < -0.39 is 0 Å². The Hall–Kier alpha value is -1.44. The smallest absolute Gasteiger partial charge is 0.271 e. The summed E-state index contributed by atoms with van der Waals surface area (Å²) in [4.78, 5) is 18.8. The van der Waals surface area contributed by atoms with Crippen LogP contribution in [-0.4, -0.2) is 71.0 Å². The Labute approximate surface area is 123 Å². The maximum Gasteiger partial charge on any atom is 0.271 e. The Morgan fingerprint density at radius 1 is 1.43 bits per heavy atom. The van der Waals surface area contributed by atoms with E-state index in [9.17, 15) is 9.90 Å². The molecule has 3 rings (SSSR count). The molecule has 21 heavy (non-hydrogen) atoms. The minimum Gasteiger partial charge on any atom is -0.394 e. The van der Waals surface area contributed by atoms with E-state index in [1.165, 1.54) is 0 Å². The van der Waals surface area contributed by atoms with E-state index in [0.717, 1.165) is 38.3 Å². The second-order valence-corrected chi connectivity index (χ2v) is 5.61. The summed E-state index contributed by atoms with van der Waals surface area (Å²) in [5.41, 5.74) is 0.449. The van der Waals surface area contributed by atoms with Crippen molar-refractivity contribution in [2.45, 2.75) is 25.4 Å². The lowest BCUT2D eigenvalue weighted by Gasteiger charge is -2.29. The van der Waals surface area contributed by atoms with Crippen molar-refractivity contribution in [2.75, 3.05) is 39.5 Å². The number of aromatic nitrogens is 2. The lowest BCUT2D eigenvalue weighted by molar-refractivity contribution is 0.0296. The zero-order chi connectivity index (χ0) is 14.7. The summed E-state index contributed by atoms with van der Waals surface area (Å²) >= 11 is 0. The van der Waals surface area contributed by atoms with Gasteiger partial charge in [0.2, 0.25) is 0 Å². The number of nitrogens with zero attached hydrogens (tertiary/aromatic N) is 3. The van der Waals surface area contributed by atoms with Crippen molar-refractivity contribution in [3.8, 4) is 0 Å². The number of aliphatic hydroxyl groups excluding tert-OH is 1. The molecule has 1 aromatic heterocycles. The molecule has 0 aliphatic carbocycles. The number of morpholine rings is 1. The average molecular weight is 294 g/mol. The van der Waals surface area contributed by atoms with E-state index in [2.05, 4.69) is 15.2 Å². The number of nitrogens with one attached hydrogen (secondary N) is 1. The van der Waals surface area contributed by atoms with Crippen molar-refractivity contribution in [3.05, 3.63) is 17.7 Å². The highest BCUT2D eigenvalue weighted by Crippen LogP contribution is 2.14. The molecule has 0 saturated carbocycles. The van der Waals surface area contributed by atoms with Crippen molar-refractivity contribution in [1.82, 2.24) is 19.8 Å². The number of imidazole rings is 1. The van der Waals surface area contributed by atoms with Crippen LogP contribution in [0, 0.1) is 0 Å². The number of amides is 1. The lowest BCUT2D eigenvalue weighted by Crippen LogP contribution is -2.49. The van der Waals surface area contributed by atoms with E-state index in [4.69, 9.17) is 4.74 Å². The molecule has 1 aromatic rings.